The summed E-state index contributed by atoms with van der Waals surface area (Å²) in [5.41, 5.74) is 26.9. The van der Waals surface area contributed by atoms with Crippen LogP contribution in [0.2, 0.25) is 0 Å². The summed E-state index contributed by atoms with van der Waals surface area (Å²) in [4.78, 5) is 45.7. The van der Waals surface area contributed by atoms with E-state index in [4.69, 9.17) is 51.4 Å². The summed E-state index contributed by atoms with van der Waals surface area (Å²) in [5, 5.41) is 46.2. The number of rotatable bonds is 24. The molecule has 16 rings (SSSR count). The van der Waals surface area contributed by atoms with E-state index in [2.05, 4.69) is 107 Å². The van der Waals surface area contributed by atoms with Crippen molar-refractivity contribution in [1.29, 1.82) is 0 Å². The molecule has 117 heavy (non-hydrogen) atoms. The second-order valence-corrected chi connectivity index (χ2v) is 26.9. The van der Waals surface area contributed by atoms with Crippen molar-refractivity contribution in [2.24, 2.45) is 0 Å². The molecule has 0 amide bonds. The Labute approximate surface area is 671 Å². The summed E-state index contributed by atoms with van der Waals surface area (Å²) < 4.78 is 78.4. The van der Waals surface area contributed by atoms with Gasteiger partial charge in [-0.25, -0.2) is 29.9 Å². The first-order valence-corrected chi connectivity index (χ1v) is 37.5. The molecule has 2 aliphatic rings. The SMILES string of the molecule is COc1cc(OCCN2CCOCC2)c(OC)cc1Nc1nc(N)n(-c2ccccn2)n1.COc1ccccc1Nc1nc(N)n(-c2cc(NC3CCCCC3)nc(C)n2)n1.COc1ccccc1Nc1nc(N)n(-c2cc(Nc3ccccc3)nc(C)n2)n1.Nc1nc(Nc2cc(O)cc(C(F)(F)F)c2)nn1-c1nc2ccccc2s1. The van der Waals surface area contributed by atoms with Crippen LogP contribution in [0, 0.1) is 13.8 Å². The van der Waals surface area contributed by atoms with Crippen molar-refractivity contribution in [2.45, 2.75) is 58.2 Å². The number of thiazole rings is 1. The number of pyridine rings is 1. The van der Waals surface area contributed by atoms with E-state index in [1.54, 1.807) is 65.8 Å². The molecule has 14 aromatic rings. The molecule has 1 aliphatic heterocycles. The fourth-order valence-electron chi connectivity index (χ4n) is 12.2. The number of nitrogens with one attached hydrogen (secondary N) is 6. The zero-order chi connectivity index (χ0) is 82.0. The number of alkyl halides is 3. The Bertz CT molecular complexity index is 5610. The predicted octanol–water partition coefficient (Wildman–Crippen LogP) is 12.5. The molecule has 40 heteroatoms. The third-order valence-corrected chi connectivity index (χ3v) is 18.7. The van der Waals surface area contributed by atoms with Gasteiger partial charge in [-0.05, 0) is 99.5 Å². The number of phenols is 1. The van der Waals surface area contributed by atoms with Crippen LogP contribution in [0.25, 0.3) is 32.8 Å². The molecule has 0 unspecified atom stereocenters. The summed E-state index contributed by atoms with van der Waals surface area (Å²) in [5.74, 6) is 8.49. The lowest BCUT2D eigenvalue weighted by Gasteiger charge is -2.26. The fourth-order valence-corrected chi connectivity index (χ4v) is 13.1. The number of anilines is 15. The van der Waals surface area contributed by atoms with Crippen molar-refractivity contribution < 1.29 is 46.7 Å². The number of phenolic OH excluding ortho intramolecular Hbond substituents is 1. The molecule has 0 atom stereocenters. The third-order valence-electron chi connectivity index (χ3n) is 17.7. The molecule has 0 radical (unpaired) electrons. The number of nitrogen functional groups attached to an aromatic ring is 4. The lowest BCUT2D eigenvalue weighted by Crippen LogP contribution is -2.38. The average molecular weight is 1620 g/mol. The zero-order valence-corrected chi connectivity index (χ0v) is 65.1. The lowest BCUT2D eigenvalue weighted by atomic mass is 9.95. The highest BCUT2D eigenvalue weighted by Crippen LogP contribution is 2.40. The fraction of sp³-hybridized carbons (Fsp3) is 0.247. The summed E-state index contributed by atoms with van der Waals surface area (Å²) in [6, 6.07) is 47.9. The molecule has 1 saturated carbocycles. The minimum absolute atomic E-state index is 0.0211. The Morgan fingerprint density at radius 3 is 1.61 bits per heavy atom. The highest BCUT2D eigenvalue weighted by Gasteiger charge is 2.32. The number of morpholine rings is 1. The number of aryl methyl sites for hydroxylation is 2. The normalized spacial score (nSPS) is 12.8. The highest BCUT2D eigenvalue weighted by molar-refractivity contribution is 7.20. The number of halogens is 3. The standard InChI is InChI=1S/C21H27N7O4.C20H26N8O.C20H20N8O.C16H11F3N6OS/c1-29-16-14-18(32-12-9-27-7-10-31-11-8-27)17(30-2)13-15(16)24-21-25-20(22)28(26-21)19-5-3-4-6-23-19;2*1-13-22-17(24-14-8-4-3-5-9-14)12-18(23-13)28-19(21)26-20(27-28)25-15-10-6-7-11-16(15)29-2;17-16(18,19)8-5-9(7-10(26)6-8)21-14-23-13(20)25(24-14)15-22-11-3-1-2-4-12(11)27-15/h3-6,13-14H,7-12H2,1-2H3,(H3,22,24,25,26);6-7,10-12,14H,3-5,8-9H2,1-2H3,(H,22,23,24)(H3,21,25,26,27);3-12H,1-2H3,(H,22,23,24)(H3,21,25,26,27);1-7,26H,(H3,20,21,23,24). The third kappa shape index (κ3) is 21.1. The van der Waals surface area contributed by atoms with Gasteiger partial charge in [-0.3, -0.25) is 4.90 Å². The minimum Gasteiger partial charge on any atom is -0.508 e. The van der Waals surface area contributed by atoms with Gasteiger partial charge < -0.3 is 88.4 Å². The molecule has 1 aliphatic carbocycles. The Morgan fingerprint density at radius 1 is 0.487 bits per heavy atom. The number of aromatic nitrogens is 18. The number of ether oxygens (including phenoxy) is 6. The van der Waals surface area contributed by atoms with Gasteiger partial charge >= 0.3 is 6.18 Å². The molecular formula is C77H84F3N29O7S. The van der Waals surface area contributed by atoms with E-state index in [0.717, 1.165) is 90.9 Å². The minimum atomic E-state index is -4.60. The first-order valence-electron chi connectivity index (χ1n) is 36.6. The summed E-state index contributed by atoms with van der Waals surface area (Å²) in [6.45, 7) is 8.33. The van der Waals surface area contributed by atoms with Gasteiger partial charge in [0.25, 0.3) is 0 Å². The Kier molecular flexibility index (Phi) is 25.8. The van der Waals surface area contributed by atoms with Crippen LogP contribution in [0.4, 0.5) is 101 Å². The molecule has 0 bridgehead atoms. The molecular weight excluding hydrogens is 1530 g/mol. The van der Waals surface area contributed by atoms with Crippen molar-refractivity contribution in [3.8, 4) is 57.1 Å². The number of nitrogens with two attached hydrogens (primary N) is 4. The van der Waals surface area contributed by atoms with Crippen LogP contribution in [0.3, 0.4) is 0 Å². The number of para-hydroxylation sites is 6. The van der Waals surface area contributed by atoms with Gasteiger partial charge in [-0.2, -0.15) is 51.8 Å². The number of aromatic hydroxyl groups is 1. The number of hydrogen-bond acceptors (Lipinski definition) is 33. The van der Waals surface area contributed by atoms with E-state index >= 15 is 0 Å². The molecule has 9 heterocycles. The lowest BCUT2D eigenvalue weighted by molar-refractivity contribution is -0.137. The maximum absolute atomic E-state index is 12.9. The molecule has 36 nitrogen and oxygen atoms in total. The van der Waals surface area contributed by atoms with E-state index < -0.39 is 17.5 Å². The molecule has 606 valence electrons. The van der Waals surface area contributed by atoms with E-state index in [-0.39, 0.29) is 35.4 Å². The molecule has 1 saturated heterocycles. The van der Waals surface area contributed by atoms with Crippen LogP contribution < -0.4 is 78.5 Å². The van der Waals surface area contributed by atoms with Gasteiger partial charge in [0.2, 0.25) is 52.7 Å². The molecule has 8 aromatic heterocycles. The molecule has 2 fully saturated rings. The number of nitrogens with zero attached hydrogens (tertiary/aromatic N) is 19. The highest BCUT2D eigenvalue weighted by atomic mass is 32.1. The second-order valence-electron chi connectivity index (χ2n) is 25.9. The van der Waals surface area contributed by atoms with Crippen LogP contribution in [0.1, 0.15) is 49.3 Å². The van der Waals surface area contributed by atoms with Crippen LogP contribution in [0.15, 0.2) is 170 Å². The Hall–Kier alpha value is -14.4. The number of benzene rings is 6. The molecule has 6 aromatic carbocycles. The number of methoxy groups -OCH3 is 4. The van der Waals surface area contributed by atoms with Gasteiger partial charge in [-0.1, -0.05) is 91.3 Å². The largest absolute Gasteiger partial charge is 0.508 e. The van der Waals surface area contributed by atoms with Gasteiger partial charge in [0.15, 0.2) is 29.0 Å². The maximum atomic E-state index is 12.9. The summed E-state index contributed by atoms with van der Waals surface area (Å²) >= 11 is 1.35. The van der Waals surface area contributed by atoms with Crippen LogP contribution in [0.5, 0.6) is 34.5 Å². The smallest absolute Gasteiger partial charge is 0.416 e. The first-order chi connectivity index (χ1) is 56.7. The van der Waals surface area contributed by atoms with Crippen molar-refractivity contribution >= 4 is 109 Å². The quantitative estimate of drug-likeness (QED) is 0.0268. The first kappa shape index (κ1) is 80.6. The average Bonchev–Trinajstić information content (AvgIpc) is 1.67. The van der Waals surface area contributed by atoms with Crippen molar-refractivity contribution in [3.63, 3.8) is 0 Å². The monoisotopic (exact) mass is 1620 g/mol. The molecule has 0 spiro atoms. The van der Waals surface area contributed by atoms with Gasteiger partial charge in [0, 0.05) is 73.6 Å². The van der Waals surface area contributed by atoms with Gasteiger partial charge in [-0.15, -0.1) is 20.4 Å². The van der Waals surface area contributed by atoms with Gasteiger partial charge in [0.1, 0.15) is 52.9 Å². The maximum Gasteiger partial charge on any atom is 0.416 e. The number of fused-ring (bicyclic) bond motifs is 1. The van der Waals surface area contributed by atoms with Crippen LogP contribution >= 0.6 is 11.3 Å². The van der Waals surface area contributed by atoms with E-state index in [1.807, 2.05) is 128 Å². The second kappa shape index (κ2) is 37.5. The van der Waals surface area contributed by atoms with Crippen LogP contribution in [-0.2, 0) is 10.9 Å². The Balaban J connectivity index is 0.000000136. The number of hydrogen-bond donors (Lipinski definition) is 11. The van der Waals surface area contributed by atoms with Crippen LogP contribution in [-0.4, -0.2) is 173 Å². The Morgan fingerprint density at radius 2 is 1.02 bits per heavy atom. The van der Waals surface area contributed by atoms with Gasteiger partial charge in [0.05, 0.1) is 74.5 Å². The van der Waals surface area contributed by atoms with E-state index in [0.29, 0.717) is 111 Å². The molecule has 15 N–H and O–H groups in total. The predicted molar refractivity (Wildman–Crippen MR) is 439 cm³/mol. The van der Waals surface area contributed by atoms with Crippen molar-refractivity contribution in [1.82, 2.24) is 93.9 Å². The van der Waals surface area contributed by atoms with Crippen molar-refractivity contribution in [3.05, 3.63) is 187 Å². The van der Waals surface area contributed by atoms with E-state index in [9.17, 15) is 18.3 Å². The zero-order valence-electron chi connectivity index (χ0n) is 64.3. The summed E-state index contributed by atoms with van der Waals surface area (Å²) in [6.07, 6.45) is 3.21. The topological polar surface area (TPSA) is 455 Å². The van der Waals surface area contributed by atoms with E-state index in [1.165, 1.54) is 49.3 Å². The summed E-state index contributed by atoms with van der Waals surface area (Å²) in [7, 11) is 6.39. The van der Waals surface area contributed by atoms with Crippen molar-refractivity contribution in [2.75, 3.05) is 123 Å².